The normalized spacial score (nSPS) is 19.9. The number of nitrogen functional groups attached to an aromatic ring is 1. The Labute approximate surface area is 102 Å². The molecule has 0 spiro atoms. The first-order chi connectivity index (χ1) is 7.98. The van der Waals surface area contributed by atoms with Gasteiger partial charge in [0.15, 0.2) is 9.84 Å². The number of aromatic nitrogens is 1. The Kier molecular flexibility index (Phi) is 3.24. The zero-order chi connectivity index (χ0) is 12.5. The minimum Gasteiger partial charge on any atom is -0.398 e. The van der Waals surface area contributed by atoms with E-state index in [1.165, 1.54) is 0 Å². The molecule has 1 aromatic rings. The van der Waals surface area contributed by atoms with E-state index < -0.39 is 9.84 Å². The average molecular weight is 255 g/mol. The zero-order valence-electron chi connectivity index (χ0n) is 9.89. The molecule has 0 unspecified atom stereocenters. The van der Waals surface area contributed by atoms with Crippen LogP contribution in [0.25, 0.3) is 0 Å². The quantitative estimate of drug-likeness (QED) is 0.795. The molecular weight excluding hydrogens is 238 g/mol. The predicted octanol–water partition coefficient (Wildman–Crippen LogP) is 0.597. The highest BCUT2D eigenvalue weighted by molar-refractivity contribution is 7.91. The van der Waals surface area contributed by atoms with Crippen molar-refractivity contribution in [2.75, 3.05) is 35.2 Å². The number of hydrogen-bond donors (Lipinski definition) is 1. The fourth-order valence-corrected chi connectivity index (χ4v) is 3.14. The Bertz CT molecular complexity index is 513. The Balaban J connectivity index is 2.20. The third kappa shape index (κ3) is 2.88. The van der Waals surface area contributed by atoms with E-state index in [1.807, 2.05) is 17.9 Å². The molecule has 1 fully saturated rings. The highest BCUT2D eigenvalue weighted by atomic mass is 32.2. The molecule has 0 bridgehead atoms. The van der Waals surface area contributed by atoms with Crippen molar-refractivity contribution in [2.45, 2.75) is 13.3 Å². The summed E-state index contributed by atoms with van der Waals surface area (Å²) in [5, 5.41) is 0. The summed E-state index contributed by atoms with van der Waals surface area (Å²) in [6.45, 7) is 3.12. The number of pyridine rings is 1. The summed E-state index contributed by atoms with van der Waals surface area (Å²) >= 11 is 0. The summed E-state index contributed by atoms with van der Waals surface area (Å²) in [6, 6.07) is 1.81. The van der Waals surface area contributed by atoms with Crippen LogP contribution in [-0.4, -0.2) is 38.0 Å². The van der Waals surface area contributed by atoms with E-state index in [4.69, 9.17) is 5.73 Å². The molecule has 2 N–H and O–H groups in total. The summed E-state index contributed by atoms with van der Waals surface area (Å²) in [7, 11) is -2.88. The van der Waals surface area contributed by atoms with Crippen LogP contribution < -0.4 is 10.6 Å². The second-order valence-corrected chi connectivity index (χ2v) is 6.70. The van der Waals surface area contributed by atoms with E-state index in [2.05, 4.69) is 4.98 Å². The molecule has 6 heteroatoms. The molecule has 5 nitrogen and oxygen atoms in total. The van der Waals surface area contributed by atoms with Gasteiger partial charge in [-0.1, -0.05) is 0 Å². The van der Waals surface area contributed by atoms with Gasteiger partial charge in [0.1, 0.15) is 5.82 Å². The minimum atomic E-state index is -2.88. The van der Waals surface area contributed by atoms with Crippen LogP contribution in [0.5, 0.6) is 0 Å². The summed E-state index contributed by atoms with van der Waals surface area (Å²) in [6.07, 6.45) is 2.38. The van der Waals surface area contributed by atoms with Gasteiger partial charge in [0.25, 0.3) is 0 Å². The molecule has 0 amide bonds. The van der Waals surface area contributed by atoms with Crippen LogP contribution in [0, 0.1) is 6.92 Å². The Morgan fingerprint density at radius 3 is 2.82 bits per heavy atom. The number of hydrogen-bond acceptors (Lipinski definition) is 5. The van der Waals surface area contributed by atoms with Crippen LogP contribution in [0.1, 0.15) is 12.0 Å². The van der Waals surface area contributed by atoms with Crippen LogP contribution in [0.2, 0.25) is 0 Å². The molecule has 0 radical (unpaired) electrons. The van der Waals surface area contributed by atoms with Gasteiger partial charge in [0.05, 0.1) is 11.5 Å². The lowest BCUT2D eigenvalue weighted by Crippen LogP contribution is -2.27. The number of sulfone groups is 1. The summed E-state index contributed by atoms with van der Waals surface area (Å²) in [4.78, 5) is 6.29. The van der Waals surface area contributed by atoms with Gasteiger partial charge in [0.2, 0.25) is 0 Å². The van der Waals surface area contributed by atoms with Crippen LogP contribution in [-0.2, 0) is 9.84 Å². The van der Waals surface area contributed by atoms with Crippen molar-refractivity contribution >= 4 is 21.3 Å². The second-order valence-electron chi connectivity index (χ2n) is 4.39. The zero-order valence-corrected chi connectivity index (χ0v) is 10.7. The lowest BCUT2D eigenvalue weighted by Gasteiger charge is -2.21. The molecule has 1 aromatic heterocycles. The maximum Gasteiger partial charge on any atom is 0.152 e. The summed E-state index contributed by atoms with van der Waals surface area (Å²) in [5.41, 5.74) is 7.47. The molecule has 0 atom stereocenters. The molecule has 0 aromatic carbocycles. The molecule has 0 saturated carbocycles. The average Bonchev–Trinajstić information content (AvgIpc) is 2.44. The topological polar surface area (TPSA) is 76.3 Å². The summed E-state index contributed by atoms with van der Waals surface area (Å²) in [5.74, 6) is 1.23. The van der Waals surface area contributed by atoms with Gasteiger partial charge < -0.3 is 10.6 Å². The van der Waals surface area contributed by atoms with Gasteiger partial charge in [-0.25, -0.2) is 13.4 Å². The lowest BCUT2D eigenvalue weighted by molar-refractivity contribution is 0.597. The Hall–Kier alpha value is -1.30. The predicted molar refractivity (Wildman–Crippen MR) is 68.9 cm³/mol. The first kappa shape index (κ1) is 12.2. The monoisotopic (exact) mass is 255 g/mol. The van der Waals surface area contributed by atoms with E-state index in [-0.39, 0.29) is 11.5 Å². The van der Waals surface area contributed by atoms with Gasteiger partial charge in [-0.15, -0.1) is 0 Å². The number of nitrogens with two attached hydrogens (primary N) is 1. The molecule has 2 heterocycles. The van der Waals surface area contributed by atoms with Crippen molar-refractivity contribution in [2.24, 2.45) is 0 Å². The molecule has 17 heavy (non-hydrogen) atoms. The molecule has 0 aliphatic carbocycles. The molecule has 1 aliphatic rings. The Morgan fingerprint density at radius 1 is 1.35 bits per heavy atom. The summed E-state index contributed by atoms with van der Waals surface area (Å²) < 4.78 is 23.0. The third-order valence-electron chi connectivity index (χ3n) is 3.01. The van der Waals surface area contributed by atoms with Crippen molar-refractivity contribution in [1.82, 2.24) is 4.98 Å². The van der Waals surface area contributed by atoms with Crippen molar-refractivity contribution in [3.8, 4) is 0 Å². The van der Waals surface area contributed by atoms with E-state index in [9.17, 15) is 8.42 Å². The highest BCUT2D eigenvalue weighted by Gasteiger charge is 2.20. The second kappa shape index (κ2) is 4.52. The van der Waals surface area contributed by atoms with E-state index >= 15 is 0 Å². The number of aryl methyl sites for hydroxylation is 1. The van der Waals surface area contributed by atoms with Crippen molar-refractivity contribution in [1.29, 1.82) is 0 Å². The van der Waals surface area contributed by atoms with Gasteiger partial charge in [0, 0.05) is 31.0 Å². The highest BCUT2D eigenvalue weighted by Crippen LogP contribution is 2.19. The fourth-order valence-electron chi connectivity index (χ4n) is 1.87. The molecule has 94 valence electrons. The van der Waals surface area contributed by atoms with Gasteiger partial charge in [-0.3, -0.25) is 0 Å². The first-order valence-corrected chi connectivity index (χ1v) is 7.47. The molecule has 2 rings (SSSR count). The van der Waals surface area contributed by atoms with Crippen molar-refractivity contribution in [3.63, 3.8) is 0 Å². The SMILES string of the molecule is Cc1cnc(N2CCCS(=O)(=O)CC2)cc1N. The standard InChI is InChI=1S/C11H17N3O2S/c1-9-8-13-11(7-10(9)12)14-3-2-5-17(15,16)6-4-14/h7-8H,2-6H2,1H3,(H2,12,13). The van der Waals surface area contributed by atoms with Gasteiger partial charge in [-0.05, 0) is 18.9 Å². The smallest absolute Gasteiger partial charge is 0.152 e. The van der Waals surface area contributed by atoms with Gasteiger partial charge >= 0.3 is 0 Å². The maximum atomic E-state index is 11.5. The van der Waals surface area contributed by atoms with Gasteiger partial charge in [-0.2, -0.15) is 0 Å². The van der Waals surface area contributed by atoms with Crippen LogP contribution in [0.15, 0.2) is 12.3 Å². The van der Waals surface area contributed by atoms with Crippen molar-refractivity contribution < 1.29 is 8.42 Å². The molecule has 1 saturated heterocycles. The van der Waals surface area contributed by atoms with Crippen molar-refractivity contribution in [3.05, 3.63) is 17.8 Å². The number of anilines is 2. The van der Waals surface area contributed by atoms with Crippen LogP contribution >= 0.6 is 0 Å². The minimum absolute atomic E-state index is 0.197. The largest absolute Gasteiger partial charge is 0.398 e. The van der Waals surface area contributed by atoms with E-state index in [0.717, 1.165) is 11.4 Å². The maximum absolute atomic E-state index is 11.5. The fraction of sp³-hybridized carbons (Fsp3) is 0.545. The lowest BCUT2D eigenvalue weighted by atomic mass is 10.2. The van der Waals surface area contributed by atoms with Crippen LogP contribution in [0.4, 0.5) is 11.5 Å². The number of rotatable bonds is 1. The molecular formula is C11H17N3O2S. The molecule has 1 aliphatic heterocycles. The Morgan fingerprint density at radius 2 is 2.12 bits per heavy atom. The van der Waals surface area contributed by atoms with Crippen LogP contribution in [0.3, 0.4) is 0 Å². The third-order valence-corrected chi connectivity index (χ3v) is 4.73. The van der Waals surface area contributed by atoms with E-state index in [1.54, 1.807) is 6.20 Å². The van der Waals surface area contributed by atoms with E-state index in [0.29, 0.717) is 25.2 Å². The number of nitrogens with zero attached hydrogens (tertiary/aromatic N) is 2. The first-order valence-electron chi connectivity index (χ1n) is 5.65.